The summed E-state index contributed by atoms with van der Waals surface area (Å²) in [6, 6.07) is 4.24. The molecule has 3 heteroatoms. The average Bonchev–Trinajstić information content (AvgIpc) is 2.49. The number of pyridine rings is 1. The highest BCUT2D eigenvalue weighted by Crippen LogP contribution is 2.28. The summed E-state index contributed by atoms with van der Waals surface area (Å²) in [5.74, 6) is 7.18. The van der Waals surface area contributed by atoms with Crippen molar-refractivity contribution in [3.05, 3.63) is 29.6 Å². The van der Waals surface area contributed by atoms with E-state index >= 15 is 0 Å². The fourth-order valence-electron chi connectivity index (χ4n) is 2.90. The van der Waals surface area contributed by atoms with Gasteiger partial charge in [-0.1, -0.05) is 17.9 Å². The Balaban J connectivity index is 1.64. The highest BCUT2D eigenvalue weighted by molar-refractivity contribution is 5.32. The van der Waals surface area contributed by atoms with Gasteiger partial charge in [-0.15, -0.1) is 0 Å². The molecule has 1 aromatic rings. The van der Waals surface area contributed by atoms with Crippen LogP contribution in [0.5, 0.6) is 0 Å². The first-order valence-corrected chi connectivity index (χ1v) is 7.29. The van der Waals surface area contributed by atoms with Gasteiger partial charge in [0.05, 0.1) is 18.2 Å². The Morgan fingerprint density at radius 1 is 1.37 bits per heavy atom. The zero-order chi connectivity index (χ0) is 12.9. The van der Waals surface area contributed by atoms with E-state index in [1.165, 1.54) is 30.5 Å². The van der Waals surface area contributed by atoms with Crippen LogP contribution in [-0.2, 0) is 6.42 Å². The number of aryl methyl sites for hydroxylation is 1. The van der Waals surface area contributed by atoms with Gasteiger partial charge in [0.1, 0.15) is 0 Å². The second-order valence-electron chi connectivity index (χ2n) is 5.34. The lowest BCUT2D eigenvalue weighted by Gasteiger charge is -2.25. The molecule has 19 heavy (non-hydrogen) atoms. The van der Waals surface area contributed by atoms with Crippen LogP contribution >= 0.6 is 0 Å². The molecule has 3 nitrogen and oxygen atoms in total. The van der Waals surface area contributed by atoms with Crippen LogP contribution in [-0.4, -0.2) is 42.6 Å². The summed E-state index contributed by atoms with van der Waals surface area (Å²) >= 11 is 0. The van der Waals surface area contributed by atoms with E-state index in [1.807, 2.05) is 12.3 Å². The lowest BCUT2D eigenvalue weighted by Crippen LogP contribution is -2.43. The first-order chi connectivity index (χ1) is 9.43. The molecule has 1 aliphatic carbocycles. The topological polar surface area (TPSA) is 28.2 Å². The van der Waals surface area contributed by atoms with Gasteiger partial charge in [-0.2, -0.15) is 0 Å². The van der Waals surface area contributed by atoms with Crippen molar-refractivity contribution < 1.29 is 0 Å². The van der Waals surface area contributed by atoms with Gasteiger partial charge in [0.2, 0.25) is 0 Å². The second kappa shape index (κ2) is 6.18. The molecule has 100 valence electrons. The molecule has 1 unspecified atom stereocenters. The van der Waals surface area contributed by atoms with E-state index in [0.29, 0.717) is 5.92 Å². The number of nitrogens with zero attached hydrogens (tertiary/aromatic N) is 2. The van der Waals surface area contributed by atoms with Crippen LogP contribution in [0.3, 0.4) is 0 Å². The number of aromatic nitrogens is 1. The van der Waals surface area contributed by atoms with Gasteiger partial charge in [-0.25, -0.2) is 0 Å². The zero-order valence-corrected chi connectivity index (χ0v) is 11.4. The first-order valence-electron chi connectivity index (χ1n) is 7.29. The van der Waals surface area contributed by atoms with E-state index in [-0.39, 0.29) is 0 Å². The molecule has 0 spiro atoms. The maximum atomic E-state index is 4.54. The van der Waals surface area contributed by atoms with E-state index in [1.54, 1.807) is 0 Å². The molecule has 2 heterocycles. The van der Waals surface area contributed by atoms with Gasteiger partial charge in [0.15, 0.2) is 0 Å². The molecule has 0 amide bonds. The summed E-state index contributed by atoms with van der Waals surface area (Å²) in [6.07, 6.45) is 5.47. The molecule has 1 aliphatic heterocycles. The van der Waals surface area contributed by atoms with E-state index in [0.717, 1.165) is 32.7 Å². The van der Waals surface area contributed by atoms with Gasteiger partial charge in [-0.3, -0.25) is 9.88 Å². The van der Waals surface area contributed by atoms with Crippen molar-refractivity contribution in [3.8, 4) is 11.8 Å². The lowest BCUT2D eigenvalue weighted by molar-refractivity contribution is 0.268. The van der Waals surface area contributed by atoms with E-state index in [9.17, 15) is 0 Å². The summed E-state index contributed by atoms with van der Waals surface area (Å²) in [4.78, 5) is 6.96. The number of piperazine rings is 1. The fraction of sp³-hybridized carbons (Fsp3) is 0.562. The monoisotopic (exact) mass is 255 g/mol. The summed E-state index contributed by atoms with van der Waals surface area (Å²) < 4.78 is 0. The van der Waals surface area contributed by atoms with Crippen LogP contribution in [0.25, 0.3) is 0 Å². The third kappa shape index (κ3) is 3.15. The Hall–Kier alpha value is -1.37. The molecule has 0 radical (unpaired) electrons. The van der Waals surface area contributed by atoms with Crippen molar-refractivity contribution >= 4 is 0 Å². The molecular weight excluding hydrogens is 234 g/mol. The van der Waals surface area contributed by atoms with Crippen molar-refractivity contribution in [3.63, 3.8) is 0 Å². The van der Waals surface area contributed by atoms with Crippen molar-refractivity contribution in [2.75, 3.05) is 32.7 Å². The molecule has 0 bridgehead atoms. The van der Waals surface area contributed by atoms with E-state index < -0.39 is 0 Å². The van der Waals surface area contributed by atoms with Crippen molar-refractivity contribution in [2.45, 2.75) is 25.2 Å². The third-order valence-electron chi connectivity index (χ3n) is 3.98. The van der Waals surface area contributed by atoms with Crippen LogP contribution in [0, 0.1) is 11.8 Å². The Kier molecular flexibility index (Phi) is 4.12. The molecule has 1 saturated heterocycles. The minimum Gasteiger partial charge on any atom is -0.314 e. The smallest absolute Gasteiger partial charge is 0.0628 e. The van der Waals surface area contributed by atoms with Crippen LogP contribution in [0.2, 0.25) is 0 Å². The minimum atomic E-state index is 0.355. The van der Waals surface area contributed by atoms with E-state index in [2.05, 4.69) is 33.1 Å². The molecule has 1 N–H and O–H groups in total. The predicted octanol–water partition coefficient (Wildman–Crippen LogP) is 1.41. The van der Waals surface area contributed by atoms with Gasteiger partial charge < -0.3 is 5.32 Å². The maximum absolute atomic E-state index is 4.54. The fourth-order valence-corrected chi connectivity index (χ4v) is 2.90. The van der Waals surface area contributed by atoms with Gasteiger partial charge in [0.25, 0.3) is 0 Å². The Morgan fingerprint density at radius 2 is 2.26 bits per heavy atom. The second-order valence-corrected chi connectivity index (χ2v) is 5.34. The normalized spacial score (nSPS) is 23.3. The van der Waals surface area contributed by atoms with Crippen molar-refractivity contribution in [1.82, 2.24) is 15.2 Å². The molecule has 3 rings (SSSR count). The summed E-state index contributed by atoms with van der Waals surface area (Å²) in [5.41, 5.74) is 2.62. The number of fused-ring (bicyclic) bond motifs is 1. The number of nitrogens with one attached hydrogen (secondary N) is 1. The van der Waals surface area contributed by atoms with Crippen LogP contribution in [0.4, 0.5) is 0 Å². The third-order valence-corrected chi connectivity index (χ3v) is 3.98. The molecule has 0 saturated carbocycles. The number of hydrogen-bond donors (Lipinski definition) is 1. The SMILES string of the molecule is C(#CC1CCCc2cccnc21)CN1CCNCC1. The predicted molar refractivity (Wildman–Crippen MR) is 77.0 cm³/mol. The first kappa shape index (κ1) is 12.7. The number of hydrogen-bond acceptors (Lipinski definition) is 3. The molecule has 1 aromatic heterocycles. The molecule has 1 fully saturated rings. The zero-order valence-electron chi connectivity index (χ0n) is 11.4. The van der Waals surface area contributed by atoms with Gasteiger partial charge in [0, 0.05) is 32.4 Å². The van der Waals surface area contributed by atoms with Crippen LogP contribution < -0.4 is 5.32 Å². The van der Waals surface area contributed by atoms with Crippen LogP contribution in [0.15, 0.2) is 18.3 Å². The largest absolute Gasteiger partial charge is 0.314 e. The maximum Gasteiger partial charge on any atom is 0.0628 e. The minimum absolute atomic E-state index is 0.355. The summed E-state index contributed by atoms with van der Waals surface area (Å²) in [7, 11) is 0. The van der Waals surface area contributed by atoms with E-state index in [4.69, 9.17) is 0 Å². The highest BCUT2D eigenvalue weighted by Gasteiger charge is 2.19. The van der Waals surface area contributed by atoms with Crippen molar-refractivity contribution in [2.24, 2.45) is 0 Å². The Labute approximate surface area is 115 Å². The van der Waals surface area contributed by atoms with Gasteiger partial charge >= 0.3 is 0 Å². The molecule has 2 aliphatic rings. The van der Waals surface area contributed by atoms with Gasteiger partial charge in [-0.05, 0) is 30.9 Å². The molecule has 0 aromatic carbocycles. The lowest BCUT2D eigenvalue weighted by atomic mass is 9.87. The summed E-state index contributed by atoms with van der Waals surface area (Å²) in [5, 5.41) is 3.37. The summed E-state index contributed by atoms with van der Waals surface area (Å²) in [6.45, 7) is 5.33. The quantitative estimate of drug-likeness (QED) is 0.769. The highest BCUT2D eigenvalue weighted by atomic mass is 15.2. The van der Waals surface area contributed by atoms with Crippen molar-refractivity contribution in [1.29, 1.82) is 0 Å². The Morgan fingerprint density at radius 3 is 3.16 bits per heavy atom. The average molecular weight is 255 g/mol. The Bertz CT molecular complexity index is 480. The van der Waals surface area contributed by atoms with Crippen LogP contribution in [0.1, 0.15) is 30.0 Å². The number of rotatable bonds is 1. The molecule has 1 atom stereocenters. The standard InChI is InChI=1S/C16H21N3/c1-4-14-6-2-8-18-16(14)15(5-1)7-3-11-19-12-9-17-10-13-19/h2,6,8,15,17H,1,4-5,9-13H2. The molecular formula is C16H21N3.